The third kappa shape index (κ3) is 4.02. The number of nitro groups is 1. The Kier molecular flexibility index (Phi) is 5.85. The van der Waals surface area contributed by atoms with Crippen molar-refractivity contribution in [1.29, 1.82) is 0 Å². The molecule has 1 rings (SSSR count). The maximum absolute atomic E-state index is 12.1. The maximum Gasteiger partial charge on any atom is 0.330 e. The first-order valence-electron chi connectivity index (χ1n) is 6.28. The number of esters is 1. The highest BCUT2D eigenvalue weighted by Gasteiger charge is 2.25. The zero-order valence-electron chi connectivity index (χ0n) is 11.7. The van der Waals surface area contributed by atoms with Gasteiger partial charge in [0, 0.05) is 12.6 Å². The fourth-order valence-corrected chi connectivity index (χ4v) is 1.76. The van der Waals surface area contributed by atoms with Crippen molar-refractivity contribution in [1.82, 2.24) is 9.88 Å². The number of methoxy groups -OCH3 is 1. The Labute approximate surface area is 120 Å². The minimum Gasteiger partial charge on any atom is -0.467 e. The van der Waals surface area contributed by atoms with Gasteiger partial charge in [0.05, 0.1) is 24.8 Å². The highest BCUT2D eigenvalue weighted by atomic mass is 16.6. The number of aliphatic hydroxyl groups excluding tert-OH is 1. The molecule has 0 aliphatic carbocycles. The molecule has 0 fully saturated rings. The van der Waals surface area contributed by atoms with Crippen LogP contribution in [0.2, 0.25) is 0 Å². The number of rotatable bonds is 7. The van der Waals surface area contributed by atoms with Crippen molar-refractivity contribution < 1.29 is 24.4 Å². The van der Waals surface area contributed by atoms with Crippen molar-refractivity contribution >= 4 is 17.6 Å². The molecule has 1 aromatic rings. The molecular weight excluding hydrogens is 282 g/mol. The topological polar surface area (TPSA) is 124 Å². The lowest BCUT2D eigenvalue weighted by Gasteiger charge is -2.14. The first-order chi connectivity index (χ1) is 9.94. The van der Waals surface area contributed by atoms with Crippen LogP contribution >= 0.6 is 0 Å². The minimum atomic E-state index is -1.22. The molecule has 116 valence electrons. The monoisotopic (exact) mass is 299 g/mol. The second kappa shape index (κ2) is 7.39. The van der Waals surface area contributed by atoms with E-state index in [0.717, 1.165) is 13.2 Å². The predicted molar refractivity (Wildman–Crippen MR) is 71.7 cm³/mol. The molecule has 0 spiro atoms. The Morgan fingerprint density at radius 2 is 2.24 bits per heavy atom. The van der Waals surface area contributed by atoms with Crippen LogP contribution in [-0.4, -0.2) is 46.2 Å². The quantitative estimate of drug-likeness (QED) is 0.417. The zero-order valence-corrected chi connectivity index (χ0v) is 11.7. The van der Waals surface area contributed by atoms with Gasteiger partial charge in [0.25, 0.3) is 11.6 Å². The number of nitrogens with one attached hydrogen (secondary N) is 1. The van der Waals surface area contributed by atoms with Gasteiger partial charge >= 0.3 is 5.97 Å². The largest absolute Gasteiger partial charge is 0.467 e. The van der Waals surface area contributed by atoms with Crippen LogP contribution in [0.3, 0.4) is 0 Å². The highest BCUT2D eigenvalue weighted by Crippen LogP contribution is 2.17. The van der Waals surface area contributed by atoms with Gasteiger partial charge in [-0.2, -0.15) is 0 Å². The average molecular weight is 299 g/mol. The summed E-state index contributed by atoms with van der Waals surface area (Å²) in [6.07, 6.45) is 1.93. The van der Waals surface area contributed by atoms with Crippen molar-refractivity contribution in [3.8, 4) is 0 Å². The normalized spacial score (nSPS) is 11.8. The Morgan fingerprint density at radius 3 is 2.71 bits per heavy atom. The van der Waals surface area contributed by atoms with Gasteiger partial charge in [0.2, 0.25) is 0 Å². The minimum absolute atomic E-state index is 0.0471. The van der Waals surface area contributed by atoms with E-state index in [1.165, 1.54) is 10.8 Å². The molecule has 9 nitrogen and oxygen atoms in total. The summed E-state index contributed by atoms with van der Waals surface area (Å²) in [7, 11) is 1.13. The molecule has 0 bridgehead atoms. The molecule has 0 saturated heterocycles. The van der Waals surface area contributed by atoms with Crippen molar-refractivity contribution in [3.05, 3.63) is 28.1 Å². The van der Waals surface area contributed by atoms with Crippen LogP contribution in [0, 0.1) is 10.1 Å². The number of carbonyl (C=O) groups excluding carboxylic acids is 2. The number of carbonyl (C=O) groups is 2. The van der Waals surface area contributed by atoms with Gasteiger partial charge in [-0.05, 0) is 6.42 Å². The Morgan fingerprint density at radius 1 is 1.57 bits per heavy atom. The number of aliphatic hydroxyl groups is 1. The summed E-state index contributed by atoms with van der Waals surface area (Å²) in [5.74, 6) is -1.49. The molecule has 1 atom stereocenters. The van der Waals surface area contributed by atoms with Gasteiger partial charge in [-0.3, -0.25) is 14.9 Å². The van der Waals surface area contributed by atoms with Crippen molar-refractivity contribution in [2.24, 2.45) is 0 Å². The van der Waals surface area contributed by atoms with E-state index < -0.39 is 29.4 Å². The SMILES string of the molecule is CCCn1cc([N+](=O)[O-])cc1C(=O)NC(CO)C(=O)OC. The number of aryl methyl sites for hydroxylation is 1. The van der Waals surface area contributed by atoms with Crippen LogP contribution in [-0.2, 0) is 16.1 Å². The van der Waals surface area contributed by atoms with E-state index in [2.05, 4.69) is 10.1 Å². The lowest BCUT2D eigenvalue weighted by atomic mass is 10.3. The molecule has 1 unspecified atom stereocenters. The highest BCUT2D eigenvalue weighted by molar-refractivity contribution is 5.96. The summed E-state index contributed by atoms with van der Waals surface area (Å²) >= 11 is 0. The molecule has 0 aliphatic heterocycles. The molecule has 1 aromatic heterocycles. The fraction of sp³-hybridized carbons (Fsp3) is 0.500. The third-order valence-corrected chi connectivity index (χ3v) is 2.76. The first-order valence-corrected chi connectivity index (χ1v) is 6.28. The molecule has 9 heteroatoms. The number of nitrogens with zero attached hydrogens (tertiary/aromatic N) is 2. The van der Waals surface area contributed by atoms with E-state index in [4.69, 9.17) is 5.11 Å². The summed E-state index contributed by atoms with van der Waals surface area (Å²) in [6.45, 7) is 1.64. The number of aromatic nitrogens is 1. The molecule has 1 heterocycles. The second-order valence-electron chi connectivity index (χ2n) is 4.27. The Bertz CT molecular complexity index is 539. The lowest BCUT2D eigenvalue weighted by Crippen LogP contribution is -2.44. The number of hydrogen-bond donors (Lipinski definition) is 2. The van der Waals surface area contributed by atoms with E-state index in [1.807, 2.05) is 6.92 Å². The summed E-state index contributed by atoms with van der Waals surface area (Å²) < 4.78 is 5.86. The standard InChI is InChI=1S/C12H17N3O6/c1-3-4-14-6-8(15(19)20)5-10(14)11(17)13-9(7-16)12(18)21-2/h5-6,9,16H,3-4,7H2,1-2H3,(H,13,17). The van der Waals surface area contributed by atoms with Gasteiger partial charge < -0.3 is 19.7 Å². The van der Waals surface area contributed by atoms with Crippen LogP contribution in [0.5, 0.6) is 0 Å². The van der Waals surface area contributed by atoms with Gasteiger partial charge in [0.15, 0.2) is 6.04 Å². The summed E-state index contributed by atoms with van der Waals surface area (Å²) in [6, 6.07) is -0.0944. The van der Waals surface area contributed by atoms with E-state index >= 15 is 0 Å². The van der Waals surface area contributed by atoms with Crippen LogP contribution in [0.25, 0.3) is 0 Å². The van der Waals surface area contributed by atoms with E-state index in [0.29, 0.717) is 13.0 Å². The molecule has 2 N–H and O–H groups in total. The average Bonchev–Trinajstić information content (AvgIpc) is 2.88. The number of amides is 1. The van der Waals surface area contributed by atoms with Crippen molar-refractivity contribution in [2.45, 2.75) is 25.9 Å². The molecule has 0 saturated carbocycles. The second-order valence-corrected chi connectivity index (χ2v) is 4.27. The Hall–Kier alpha value is -2.42. The van der Waals surface area contributed by atoms with Gasteiger partial charge in [0.1, 0.15) is 5.69 Å². The molecular formula is C12H17N3O6. The van der Waals surface area contributed by atoms with Crippen molar-refractivity contribution in [3.63, 3.8) is 0 Å². The number of hydrogen-bond acceptors (Lipinski definition) is 6. The summed E-state index contributed by atoms with van der Waals surface area (Å²) in [5.41, 5.74) is -0.168. The lowest BCUT2D eigenvalue weighted by molar-refractivity contribution is -0.384. The van der Waals surface area contributed by atoms with E-state index in [-0.39, 0.29) is 11.4 Å². The molecule has 0 radical (unpaired) electrons. The van der Waals surface area contributed by atoms with Crippen LogP contribution in [0.1, 0.15) is 23.8 Å². The third-order valence-electron chi connectivity index (χ3n) is 2.76. The smallest absolute Gasteiger partial charge is 0.330 e. The summed E-state index contributed by atoms with van der Waals surface area (Å²) in [4.78, 5) is 33.6. The van der Waals surface area contributed by atoms with Crippen LogP contribution in [0.15, 0.2) is 12.3 Å². The Balaban J connectivity index is 2.99. The molecule has 1 amide bonds. The van der Waals surface area contributed by atoms with E-state index in [1.54, 1.807) is 0 Å². The molecule has 21 heavy (non-hydrogen) atoms. The first kappa shape index (κ1) is 16.6. The maximum atomic E-state index is 12.1. The number of ether oxygens (including phenoxy) is 1. The van der Waals surface area contributed by atoms with Gasteiger partial charge in [-0.1, -0.05) is 6.92 Å². The zero-order chi connectivity index (χ0) is 16.0. The van der Waals surface area contributed by atoms with Crippen LogP contribution in [0.4, 0.5) is 5.69 Å². The summed E-state index contributed by atoms with van der Waals surface area (Å²) in [5, 5.41) is 22.1. The van der Waals surface area contributed by atoms with Crippen molar-refractivity contribution in [2.75, 3.05) is 13.7 Å². The van der Waals surface area contributed by atoms with Crippen LogP contribution < -0.4 is 5.32 Å². The fourth-order valence-electron chi connectivity index (χ4n) is 1.76. The van der Waals surface area contributed by atoms with Gasteiger partial charge in [-0.25, -0.2) is 4.79 Å². The molecule has 0 aliphatic rings. The van der Waals surface area contributed by atoms with Gasteiger partial charge in [-0.15, -0.1) is 0 Å². The van der Waals surface area contributed by atoms with E-state index in [9.17, 15) is 19.7 Å². The predicted octanol–water partition coefficient (Wildman–Crippen LogP) is 0.0700. The molecule has 0 aromatic carbocycles.